The second-order valence-electron chi connectivity index (χ2n) is 4.36. The van der Waals surface area contributed by atoms with Crippen LogP contribution >= 0.6 is 11.6 Å². The molecule has 0 bridgehead atoms. The minimum absolute atomic E-state index is 0.497. The summed E-state index contributed by atoms with van der Waals surface area (Å²) in [7, 11) is 0. The molecule has 0 aromatic heterocycles. The summed E-state index contributed by atoms with van der Waals surface area (Å²) in [4.78, 5) is 0. The van der Waals surface area contributed by atoms with Crippen LogP contribution in [0.5, 0.6) is 0 Å². The van der Waals surface area contributed by atoms with Crippen LogP contribution in [0.15, 0.2) is 24.3 Å². The highest BCUT2D eigenvalue weighted by molar-refractivity contribution is 6.31. The zero-order valence-electron chi connectivity index (χ0n) is 10.3. The monoisotopic (exact) mass is 239 g/mol. The summed E-state index contributed by atoms with van der Waals surface area (Å²) in [5.74, 6) is 0. The number of halogens is 1. The number of rotatable bonds is 7. The maximum absolute atomic E-state index is 6.12. The van der Waals surface area contributed by atoms with E-state index in [1.54, 1.807) is 0 Å². The van der Waals surface area contributed by atoms with Crippen LogP contribution in [0.2, 0.25) is 5.02 Å². The fourth-order valence-corrected chi connectivity index (χ4v) is 2.00. The van der Waals surface area contributed by atoms with Gasteiger partial charge in [-0.1, -0.05) is 49.6 Å². The number of unbranched alkanes of at least 4 members (excludes halogenated alkanes) is 2. The number of nitrogens with one attached hydrogen (secondary N) is 1. The zero-order chi connectivity index (χ0) is 11.8. The lowest BCUT2D eigenvalue weighted by molar-refractivity contribution is 0.523. The first-order valence-electron chi connectivity index (χ1n) is 6.20. The fourth-order valence-electron chi connectivity index (χ4n) is 1.79. The molecule has 0 fully saturated rings. The second kappa shape index (κ2) is 7.70. The molecule has 90 valence electrons. The molecule has 1 N–H and O–H groups in total. The van der Waals surface area contributed by atoms with Gasteiger partial charge in [-0.3, -0.25) is 0 Å². The van der Waals surface area contributed by atoms with Crippen molar-refractivity contribution in [3.63, 3.8) is 0 Å². The van der Waals surface area contributed by atoms with Crippen LogP contribution < -0.4 is 5.32 Å². The van der Waals surface area contributed by atoms with Gasteiger partial charge in [0.2, 0.25) is 0 Å². The fraction of sp³-hybridized carbons (Fsp3) is 0.571. The van der Waals surface area contributed by atoms with Crippen molar-refractivity contribution in [2.24, 2.45) is 0 Å². The molecule has 0 heterocycles. The van der Waals surface area contributed by atoms with Crippen molar-refractivity contribution in [3.8, 4) is 0 Å². The van der Waals surface area contributed by atoms with Gasteiger partial charge in [-0.05, 0) is 37.9 Å². The smallest absolute Gasteiger partial charge is 0.0438 e. The minimum atomic E-state index is 0.497. The number of hydrogen-bond acceptors (Lipinski definition) is 1. The molecule has 1 aromatic rings. The summed E-state index contributed by atoms with van der Waals surface area (Å²) < 4.78 is 0. The Morgan fingerprint density at radius 1 is 1.25 bits per heavy atom. The van der Waals surface area contributed by atoms with E-state index in [1.807, 2.05) is 18.2 Å². The first-order valence-corrected chi connectivity index (χ1v) is 6.58. The van der Waals surface area contributed by atoms with E-state index in [0.717, 1.165) is 18.0 Å². The van der Waals surface area contributed by atoms with Crippen molar-refractivity contribution in [1.29, 1.82) is 0 Å². The van der Waals surface area contributed by atoms with E-state index in [2.05, 4.69) is 25.2 Å². The molecule has 0 aliphatic carbocycles. The summed E-state index contributed by atoms with van der Waals surface area (Å²) in [6.07, 6.45) is 4.86. The SMILES string of the molecule is CCCCCNC(C)Cc1ccccc1Cl. The largest absolute Gasteiger partial charge is 0.314 e. The molecule has 0 saturated carbocycles. The van der Waals surface area contributed by atoms with Gasteiger partial charge in [-0.15, -0.1) is 0 Å². The third kappa shape index (κ3) is 5.00. The van der Waals surface area contributed by atoms with E-state index in [1.165, 1.54) is 24.8 Å². The first kappa shape index (κ1) is 13.5. The Morgan fingerprint density at radius 2 is 2.00 bits per heavy atom. The van der Waals surface area contributed by atoms with Gasteiger partial charge in [-0.2, -0.15) is 0 Å². The summed E-state index contributed by atoms with van der Waals surface area (Å²) in [6.45, 7) is 5.56. The molecule has 1 rings (SSSR count). The predicted octanol–water partition coefficient (Wildman–Crippen LogP) is 4.05. The third-order valence-corrected chi connectivity index (χ3v) is 3.13. The molecule has 1 nitrogen and oxygen atoms in total. The van der Waals surface area contributed by atoms with Gasteiger partial charge >= 0.3 is 0 Å². The van der Waals surface area contributed by atoms with Crippen LogP contribution in [-0.2, 0) is 6.42 Å². The average molecular weight is 240 g/mol. The number of hydrogen-bond donors (Lipinski definition) is 1. The van der Waals surface area contributed by atoms with Crippen LogP contribution in [-0.4, -0.2) is 12.6 Å². The molecular formula is C14H22ClN. The topological polar surface area (TPSA) is 12.0 Å². The maximum atomic E-state index is 6.12. The third-order valence-electron chi connectivity index (χ3n) is 2.76. The normalized spacial score (nSPS) is 12.7. The van der Waals surface area contributed by atoms with Crippen LogP contribution in [0.1, 0.15) is 38.7 Å². The van der Waals surface area contributed by atoms with Gasteiger partial charge < -0.3 is 5.32 Å². The van der Waals surface area contributed by atoms with Crippen molar-refractivity contribution in [2.45, 2.75) is 45.6 Å². The maximum Gasteiger partial charge on any atom is 0.0438 e. The molecule has 0 amide bonds. The molecule has 1 aromatic carbocycles. The van der Waals surface area contributed by atoms with E-state index < -0.39 is 0 Å². The predicted molar refractivity (Wildman–Crippen MR) is 72.1 cm³/mol. The lowest BCUT2D eigenvalue weighted by atomic mass is 10.1. The molecule has 0 aliphatic rings. The van der Waals surface area contributed by atoms with E-state index in [0.29, 0.717) is 6.04 Å². The standard InChI is InChI=1S/C14H22ClN/c1-3-4-7-10-16-12(2)11-13-8-5-6-9-14(13)15/h5-6,8-9,12,16H,3-4,7,10-11H2,1-2H3. The van der Waals surface area contributed by atoms with Crippen molar-refractivity contribution in [2.75, 3.05) is 6.54 Å². The Labute approximate surface area is 104 Å². The minimum Gasteiger partial charge on any atom is -0.314 e. The van der Waals surface area contributed by atoms with Crippen LogP contribution in [0.3, 0.4) is 0 Å². The van der Waals surface area contributed by atoms with Crippen LogP contribution in [0.4, 0.5) is 0 Å². The summed E-state index contributed by atoms with van der Waals surface area (Å²) in [5.41, 5.74) is 1.24. The Bertz CT molecular complexity index is 299. The first-order chi connectivity index (χ1) is 7.74. The van der Waals surface area contributed by atoms with Crippen LogP contribution in [0.25, 0.3) is 0 Å². The molecule has 0 radical (unpaired) electrons. The molecule has 0 spiro atoms. The molecule has 1 unspecified atom stereocenters. The highest BCUT2D eigenvalue weighted by Gasteiger charge is 2.05. The van der Waals surface area contributed by atoms with Gasteiger partial charge in [-0.25, -0.2) is 0 Å². The molecule has 0 saturated heterocycles. The van der Waals surface area contributed by atoms with Gasteiger partial charge in [0, 0.05) is 11.1 Å². The molecular weight excluding hydrogens is 218 g/mol. The van der Waals surface area contributed by atoms with Crippen molar-refractivity contribution in [1.82, 2.24) is 5.32 Å². The molecule has 16 heavy (non-hydrogen) atoms. The van der Waals surface area contributed by atoms with E-state index in [9.17, 15) is 0 Å². The van der Waals surface area contributed by atoms with Gasteiger partial charge in [0.1, 0.15) is 0 Å². The zero-order valence-corrected chi connectivity index (χ0v) is 11.1. The molecule has 0 aliphatic heterocycles. The summed E-state index contributed by atoms with van der Waals surface area (Å²) in [6, 6.07) is 8.58. The lowest BCUT2D eigenvalue weighted by Gasteiger charge is -2.14. The molecule has 2 heteroatoms. The average Bonchev–Trinajstić information content (AvgIpc) is 2.28. The summed E-state index contributed by atoms with van der Waals surface area (Å²) >= 11 is 6.12. The van der Waals surface area contributed by atoms with E-state index in [-0.39, 0.29) is 0 Å². The highest BCUT2D eigenvalue weighted by Crippen LogP contribution is 2.16. The summed E-state index contributed by atoms with van der Waals surface area (Å²) in [5, 5.41) is 4.41. The van der Waals surface area contributed by atoms with Crippen molar-refractivity contribution in [3.05, 3.63) is 34.9 Å². The Morgan fingerprint density at radius 3 is 2.69 bits per heavy atom. The van der Waals surface area contributed by atoms with Crippen LogP contribution in [0, 0.1) is 0 Å². The number of benzene rings is 1. The van der Waals surface area contributed by atoms with E-state index >= 15 is 0 Å². The Balaban J connectivity index is 2.28. The van der Waals surface area contributed by atoms with E-state index in [4.69, 9.17) is 11.6 Å². The Kier molecular flexibility index (Phi) is 6.51. The highest BCUT2D eigenvalue weighted by atomic mass is 35.5. The molecule has 1 atom stereocenters. The second-order valence-corrected chi connectivity index (χ2v) is 4.77. The van der Waals surface area contributed by atoms with Gasteiger partial charge in [0.05, 0.1) is 0 Å². The van der Waals surface area contributed by atoms with Crippen molar-refractivity contribution >= 4 is 11.6 Å². The lowest BCUT2D eigenvalue weighted by Crippen LogP contribution is -2.29. The van der Waals surface area contributed by atoms with Gasteiger partial charge in [0.15, 0.2) is 0 Å². The Hall–Kier alpha value is -0.530. The van der Waals surface area contributed by atoms with Gasteiger partial charge in [0.25, 0.3) is 0 Å². The van der Waals surface area contributed by atoms with Crippen molar-refractivity contribution < 1.29 is 0 Å². The quantitative estimate of drug-likeness (QED) is 0.708.